The fraction of sp³-hybridized carbons (Fsp3) is 0.176. The summed E-state index contributed by atoms with van der Waals surface area (Å²) in [6.45, 7) is 2.02. The van der Waals surface area contributed by atoms with Crippen molar-refractivity contribution in [1.82, 2.24) is 4.90 Å². The Morgan fingerprint density at radius 2 is 2.05 bits per heavy atom. The molecule has 0 radical (unpaired) electrons. The van der Waals surface area contributed by atoms with Crippen molar-refractivity contribution in [3.63, 3.8) is 0 Å². The molecule has 4 nitrogen and oxygen atoms in total. The smallest absolute Gasteiger partial charge is 0.254 e. The number of aryl methyl sites for hydroxylation is 1. The SMILES string of the molecule is Cc1ccc(NC(=O)CN2Cc3ccccc3C2=O)cc1F. The van der Waals surface area contributed by atoms with Crippen LogP contribution in [0.4, 0.5) is 10.1 Å². The topological polar surface area (TPSA) is 49.4 Å². The number of hydrogen-bond acceptors (Lipinski definition) is 2. The van der Waals surface area contributed by atoms with Gasteiger partial charge in [0.15, 0.2) is 0 Å². The lowest BCUT2D eigenvalue weighted by Crippen LogP contribution is -2.33. The molecule has 0 atom stereocenters. The largest absolute Gasteiger partial charge is 0.325 e. The van der Waals surface area contributed by atoms with Gasteiger partial charge in [0.2, 0.25) is 5.91 Å². The Kier molecular flexibility index (Phi) is 3.63. The second kappa shape index (κ2) is 5.60. The van der Waals surface area contributed by atoms with Crippen LogP contribution in [0.2, 0.25) is 0 Å². The molecule has 3 rings (SSSR count). The van der Waals surface area contributed by atoms with Gasteiger partial charge in [0.25, 0.3) is 5.91 Å². The van der Waals surface area contributed by atoms with E-state index in [2.05, 4.69) is 5.32 Å². The monoisotopic (exact) mass is 298 g/mol. The van der Waals surface area contributed by atoms with E-state index in [1.807, 2.05) is 12.1 Å². The Bertz CT molecular complexity index is 758. The first-order chi connectivity index (χ1) is 10.5. The van der Waals surface area contributed by atoms with Crippen molar-refractivity contribution in [2.24, 2.45) is 0 Å². The Morgan fingerprint density at radius 1 is 1.27 bits per heavy atom. The van der Waals surface area contributed by atoms with Crippen molar-refractivity contribution in [2.75, 3.05) is 11.9 Å². The zero-order chi connectivity index (χ0) is 15.7. The molecule has 2 aromatic rings. The Balaban J connectivity index is 1.66. The van der Waals surface area contributed by atoms with Gasteiger partial charge in [0.05, 0.1) is 0 Å². The third kappa shape index (κ3) is 2.70. The van der Waals surface area contributed by atoms with E-state index in [4.69, 9.17) is 0 Å². The first kappa shape index (κ1) is 14.3. The number of anilines is 1. The number of carbonyl (C=O) groups is 2. The number of fused-ring (bicyclic) bond motifs is 1. The van der Waals surface area contributed by atoms with Gasteiger partial charge in [-0.2, -0.15) is 0 Å². The summed E-state index contributed by atoms with van der Waals surface area (Å²) in [5.41, 5.74) is 2.46. The molecule has 1 aliphatic heterocycles. The van der Waals surface area contributed by atoms with Gasteiger partial charge in [-0.15, -0.1) is 0 Å². The van der Waals surface area contributed by atoms with Crippen LogP contribution in [0.15, 0.2) is 42.5 Å². The highest BCUT2D eigenvalue weighted by atomic mass is 19.1. The standard InChI is InChI=1S/C17H15FN2O2/c1-11-6-7-13(8-15(11)18)19-16(21)10-20-9-12-4-2-3-5-14(12)17(20)22/h2-8H,9-10H2,1H3,(H,19,21). The Labute approximate surface area is 127 Å². The number of halogens is 1. The molecule has 0 aliphatic carbocycles. The second-order valence-corrected chi connectivity index (χ2v) is 5.33. The average Bonchev–Trinajstić information content (AvgIpc) is 2.80. The van der Waals surface area contributed by atoms with Crippen LogP contribution in [0.5, 0.6) is 0 Å². The van der Waals surface area contributed by atoms with Crippen molar-refractivity contribution in [2.45, 2.75) is 13.5 Å². The minimum absolute atomic E-state index is 0.0526. The summed E-state index contributed by atoms with van der Waals surface area (Å²) >= 11 is 0. The lowest BCUT2D eigenvalue weighted by atomic mass is 10.1. The number of amides is 2. The van der Waals surface area contributed by atoms with Gasteiger partial charge in [-0.25, -0.2) is 4.39 Å². The van der Waals surface area contributed by atoms with Crippen LogP contribution < -0.4 is 5.32 Å². The van der Waals surface area contributed by atoms with Crippen molar-refractivity contribution in [1.29, 1.82) is 0 Å². The summed E-state index contributed by atoms with van der Waals surface area (Å²) in [6.07, 6.45) is 0. The van der Waals surface area contributed by atoms with Gasteiger partial charge in [0.1, 0.15) is 12.4 Å². The molecule has 0 fully saturated rings. The fourth-order valence-electron chi connectivity index (χ4n) is 2.49. The van der Waals surface area contributed by atoms with E-state index in [0.717, 1.165) is 5.56 Å². The summed E-state index contributed by atoms with van der Waals surface area (Å²) in [4.78, 5) is 25.7. The van der Waals surface area contributed by atoms with Crippen LogP contribution in [0.3, 0.4) is 0 Å². The zero-order valence-corrected chi connectivity index (χ0v) is 12.1. The van der Waals surface area contributed by atoms with Crippen molar-refractivity contribution >= 4 is 17.5 Å². The summed E-state index contributed by atoms with van der Waals surface area (Å²) < 4.78 is 13.5. The van der Waals surface area contributed by atoms with Gasteiger partial charge in [0, 0.05) is 17.8 Å². The van der Waals surface area contributed by atoms with E-state index in [1.54, 1.807) is 31.2 Å². The van der Waals surface area contributed by atoms with Gasteiger partial charge in [-0.1, -0.05) is 24.3 Å². The normalized spacial score (nSPS) is 13.2. The first-order valence-electron chi connectivity index (χ1n) is 6.98. The molecule has 1 aliphatic rings. The molecule has 0 bridgehead atoms. The summed E-state index contributed by atoms with van der Waals surface area (Å²) in [5.74, 6) is -0.868. The highest BCUT2D eigenvalue weighted by molar-refractivity contribution is 6.02. The van der Waals surface area contributed by atoms with Crippen molar-refractivity contribution < 1.29 is 14.0 Å². The summed E-state index contributed by atoms with van der Waals surface area (Å²) in [5, 5.41) is 2.61. The third-order valence-corrected chi connectivity index (χ3v) is 3.69. The van der Waals surface area contributed by atoms with Crippen LogP contribution in [-0.2, 0) is 11.3 Å². The van der Waals surface area contributed by atoms with E-state index >= 15 is 0 Å². The number of nitrogens with one attached hydrogen (secondary N) is 1. The molecule has 5 heteroatoms. The highest BCUT2D eigenvalue weighted by Crippen LogP contribution is 2.22. The van der Waals surface area contributed by atoms with E-state index < -0.39 is 0 Å². The fourth-order valence-corrected chi connectivity index (χ4v) is 2.49. The molecule has 22 heavy (non-hydrogen) atoms. The molecule has 0 spiro atoms. The predicted molar refractivity (Wildman–Crippen MR) is 80.9 cm³/mol. The van der Waals surface area contributed by atoms with E-state index in [9.17, 15) is 14.0 Å². The van der Waals surface area contributed by atoms with Crippen LogP contribution in [-0.4, -0.2) is 23.3 Å². The van der Waals surface area contributed by atoms with Crippen LogP contribution in [0, 0.1) is 12.7 Å². The van der Waals surface area contributed by atoms with Crippen LogP contribution >= 0.6 is 0 Å². The quantitative estimate of drug-likeness (QED) is 0.947. The zero-order valence-electron chi connectivity index (χ0n) is 12.1. The molecule has 0 unspecified atom stereocenters. The molecule has 0 saturated heterocycles. The minimum atomic E-state index is -0.373. The maximum Gasteiger partial charge on any atom is 0.254 e. The maximum atomic E-state index is 13.5. The summed E-state index contributed by atoms with van der Waals surface area (Å²) in [7, 11) is 0. The molecule has 0 aromatic heterocycles. The molecule has 112 valence electrons. The number of nitrogens with zero attached hydrogens (tertiary/aromatic N) is 1. The Morgan fingerprint density at radius 3 is 2.77 bits per heavy atom. The van der Waals surface area contributed by atoms with Crippen molar-refractivity contribution in [3.8, 4) is 0 Å². The highest BCUT2D eigenvalue weighted by Gasteiger charge is 2.28. The molecular weight excluding hydrogens is 283 g/mol. The second-order valence-electron chi connectivity index (χ2n) is 5.33. The average molecular weight is 298 g/mol. The molecule has 1 heterocycles. The van der Waals surface area contributed by atoms with Gasteiger partial charge < -0.3 is 10.2 Å². The number of benzene rings is 2. The van der Waals surface area contributed by atoms with Gasteiger partial charge in [-0.05, 0) is 36.2 Å². The molecular formula is C17H15FN2O2. The van der Waals surface area contributed by atoms with Gasteiger partial charge >= 0.3 is 0 Å². The van der Waals surface area contributed by atoms with E-state index in [-0.39, 0.29) is 24.2 Å². The van der Waals surface area contributed by atoms with Gasteiger partial charge in [-0.3, -0.25) is 9.59 Å². The van der Waals surface area contributed by atoms with E-state index in [0.29, 0.717) is 23.4 Å². The van der Waals surface area contributed by atoms with Crippen molar-refractivity contribution in [3.05, 3.63) is 65.0 Å². The predicted octanol–water partition coefficient (Wildman–Crippen LogP) is 2.73. The third-order valence-electron chi connectivity index (χ3n) is 3.69. The minimum Gasteiger partial charge on any atom is -0.325 e. The summed E-state index contributed by atoms with van der Waals surface area (Å²) in [6, 6.07) is 11.8. The molecule has 0 saturated carbocycles. The van der Waals surface area contributed by atoms with Crippen LogP contribution in [0.1, 0.15) is 21.5 Å². The van der Waals surface area contributed by atoms with E-state index in [1.165, 1.54) is 11.0 Å². The molecule has 1 N–H and O–H groups in total. The molecule has 2 aromatic carbocycles. The number of hydrogen-bond donors (Lipinski definition) is 1. The first-order valence-corrected chi connectivity index (χ1v) is 6.98. The van der Waals surface area contributed by atoms with Crippen LogP contribution in [0.25, 0.3) is 0 Å². The number of carbonyl (C=O) groups excluding carboxylic acids is 2. The lowest BCUT2D eigenvalue weighted by molar-refractivity contribution is -0.116. The lowest BCUT2D eigenvalue weighted by Gasteiger charge is -2.15. The maximum absolute atomic E-state index is 13.5. The Hall–Kier alpha value is -2.69. The number of rotatable bonds is 3. The molecule has 2 amide bonds.